The number of amides is 1. The number of carbonyl (C=O) groups is 1. The molecule has 1 aliphatic carbocycles. The first-order valence-electron chi connectivity index (χ1n) is 9.43. The van der Waals surface area contributed by atoms with Crippen LogP contribution in [0, 0.1) is 20.8 Å². The number of hydrogen-bond acceptors (Lipinski definition) is 7. The molecule has 2 heterocycles. The second-order valence-corrected chi connectivity index (χ2v) is 7.96. The molecule has 27 heavy (non-hydrogen) atoms. The molecule has 0 saturated heterocycles. The molecule has 1 saturated carbocycles. The second-order valence-electron chi connectivity index (χ2n) is 7.19. The number of carbonyl (C=O) groups excluding carboxylic acids is 1. The number of nitrogens with one attached hydrogen (secondary N) is 1. The Kier molecular flexibility index (Phi) is 6.14. The van der Waals surface area contributed by atoms with E-state index >= 15 is 0 Å². The zero-order chi connectivity index (χ0) is 19.4. The van der Waals surface area contributed by atoms with Crippen LogP contribution in [0.15, 0.2) is 9.68 Å². The number of aromatic nitrogens is 4. The molecule has 0 radical (unpaired) electrons. The highest BCUT2D eigenvalue weighted by Gasteiger charge is 2.39. The fourth-order valence-corrected chi connectivity index (χ4v) is 4.24. The van der Waals surface area contributed by atoms with Gasteiger partial charge in [0.1, 0.15) is 5.54 Å². The smallest absolute Gasteiger partial charge is 0.223 e. The Hall–Kier alpha value is -1.96. The molecule has 1 aliphatic rings. The highest BCUT2D eigenvalue weighted by Crippen LogP contribution is 2.35. The number of thioether (sulfide) groups is 1. The van der Waals surface area contributed by atoms with Gasteiger partial charge in [0.25, 0.3) is 0 Å². The number of nitrogens with zero attached hydrogens (tertiary/aromatic N) is 4. The third-order valence-corrected chi connectivity index (χ3v) is 5.77. The van der Waals surface area contributed by atoms with Crippen molar-refractivity contribution in [2.75, 3.05) is 6.26 Å². The summed E-state index contributed by atoms with van der Waals surface area (Å²) in [6.45, 7) is 5.73. The Labute approximate surface area is 164 Å². The summed E-state index contributed by atoms with van der Waals surface area (Å²) in [6, 6.07) is 0. The summed E-state index contributed by atoms with van der Waals surface area (Å²) in [7, 11) is 0. The number of rotatable bonds is 6. The van der Waals surface area contributed by atoms with Crippen molar-refractivity contribution in [3.05, 3.63) is 28.7 Å². The molecule has 1 amide bonds. The molecule has 7 nitrogen and oxygen atoms in total. The molecule has 1 fully saturated rings. The van der Waals surface area contributed by atoms with Crippen molar-refractivity contribution in [1.29, 1.82) is 0 Å². The fraction of sp³-hybridized carbons (Fsp3) is 0.632. The Bertz CT molecular complexity index is 791. The van der Waals surface area contributed by atoms with Crippen LogP contribution in [0.4, 0.5) is 0 Å². The van der Waals surface area contributed by atoms with E-state index in [1.54, 1.807) is 6.92 Å². The van der Waals surface area contributed by atoms with Crippen molar-refractivity contribution in [2.24, 2.45) is 0 Å². The quantitative estimate of drug-likeness (QED) is 0.597. The number of aryl methyl sites for hydroxylation is 3. The van der Waals surface area contributed by atoms with Crippen molar-refractivity contribution in [2.45, 2.75) is 76.4 Å². The first-order valence-corrected chi connectivity index (χ1v) is 10.7. The SMILES string of the molecule is CSc1nc(C)c(CCC(=O)NC2(c3noc(C)n3)CCCCC2)c(C)n1. The van der Waals surface area contributed by atoms with Crippen LogP contribution in [0.5, 0.6) is 0 Å². The molecule has 0 unspecified atom stereocenters. The van der Waals surface area contributed by atoms with Gasteiger partial charge in [-0.25, -0.2) is 9.97 Å². The standard InChI is InChI=1S/C19H27N5O2S/c1-12-15(13(2)21-18(20-12)27-4)8-9-16(25)23-19(10-6-5-7-11-19)17-22-14(3)26-24-17/h5-11H2,1-4H3,(H,23,25). The predicted molar refractivity (Wildman–Crippen MR) is 104 cm³/mol. The predicted octanol–water partition coefficient (Wildman–Crippen LogP) is 3.42. The molecular formula is C19H27N5O2S. The van der Waals surface area contributed by atoms with Gasteiger partial charge < -0.3 is 9.84 Å². The average molecular weight is 390 g/mol. The fourth-order valence-electron chi connectivity index (χ4n) is 3.78. The van der Waals surface area contributed by atoms with E-state index in [9.17, 15) is 4.79 Å². The lowest BCUT2D eigenvalue weighted by molar-refractivity contribution is -0.123. The van der Waals surface area contributed by atoms with Gasteiger partial charge in [-0.2, -0.15) is 4.98 Å². The van der Waals surface area contributed by atoms with Gasteiger partial charge in [-0.15, -0.1) is 0 Å². The normalized spacial score (nSPS) is 16.3. The van der Waals surface area contributed by atoms with Gasteiger partial charge in [0.05, 0.1) is 0 Å². The summed E-state index contributed by atoms with van der Waals surface area (Å²) in [5.41, 5.74) is 2.44. The summed E-state index contributed by atoms with van der Waals surface area (Å²) < 4.78 is 5.18. The Morgan fingerprint density at radius 3 is 2.33 bits per heavy atom. The van der Waals surface area contributed by atoms with E-state index in [2.05, 4.69) is 25.4 Å². The lowest BCUT2D eigenvalue weighted by Gasteiger charge is -2.35. The van der Waals surface area contributed by atoms with Gasteiger partial charge in [-0.1, -0.05) is 36.2 Å². The van der Waals surface area contributed by atoms with E-state index < -0.39 is 5.54 Å². The van der Waals surface area contributed by atoms with Gasteiger partial charge in [-0.05, 0) is 44.9 Å². The molecule has 2 aromatic heterocycles. The average Bonchev–Trinajstić information content (AvgIpc) is 3.08. The van der Waals surface area contributed by atoms with Gasteiger partial charge in [0, 0.05) is 24.7 Å². The summed E-state index contributed by atoms with van der Waals surface area (Å²) in [5, 5.41) is 8.10. The van der Waals surface area contributed by atoms with Crippen molar-refractivity contribution < 1.29 is 9.32 Å². The molecule has 3 rings (SSSR count). The zero-order valence-electron chi connectivity index (χ0n) is 16.5. The second kappa shape index (κ2) is 8.37. The van der Waals surface area contributed by atoms with Crippen LogP contribution in [0.3, 0.4) is 0 Å². The summed E-state index contributed by atoms with van der Waals surface area (Å²) in [4.78, 5) is 26.2. The maximum atomic E-state index is 12.8. The monoisotopic (exact) mass is 389 g/mol. The molecule has 0 aliphatic heterocycles. The highest BCUT2D eigenvalue weighted by atomic mass is 32.2. The third kappa shape index (κ3) is 4.48. The van der Waals surface area contributed by atoms with Crippen LogP contribution in [0.2, 0.25) is 0 Å². The van der Waals surface area contributed by atoms with E-state index in [-0.39, 0.29) is 5.91 Å². The maximum absolute atomic E-state index is 12.8. The minimum atomic E-state index is -0.504. The lowest BCUT2D eigenvalue weighted by atomic mass is 9.80. The highest BCUT2D eigenvalue weighted by molar-refractivity contribution is 7.98. The molecule has 0 aromatic carbocycles. The van der Waals surface area contributed by atoms with Crippen LogP contribution in [0.1, 0.15) is 67.2 Å². The molecule has 0 spiro atoms. The van der Waals surface area contributed by atoms with Crippen LogP contribution in [-0.4, -0.2) is 32.3 Å². The molecule has 2 aromatic rings. The molecule has 0 atom stereocenters. The largest absolute Gasteiger partial charge is 0.343 e. The summed E-state index contributed by atoms with van der Waals surface area (Å²) >= 11 is 1.53. The minimum Gasteiger partial charge on any atom is -0.343 e. The minimum absolute atomic E-state index is 0.00657. The van der Waals surface area contributed by atoms with E-state index in [1.165, 1.54) is 18.2 Å². The van der Waals surface area contributed by atoms with Crippen molar-refractivity contribution in [1.82, 2.24) is 25.4 Å². The van der Waals surface area contributed by atoms with Crippen LogP contribution in [-0.2, 0) is 16.8 Å². The van der Waals surface area contributed by atoms with Gasteiger partial charge in [-0.3, -0.25) is 4.79 Å². The van der Waals surface area contributed by atoms with Crippen molar-refractivity contribution in [3.8, 4) is 0 Å². The van der Waals surface area contributed by atoms with Crippen molar-refractivity contribution >= 4 is 17.7 Å². The summed E-state index contributed by atoms with van der Waals surface area (Å²) in [6.07, 6.45) is 7.95. The Morgan fingerprint density at radius 1 is 1.11 bits per heavy atom. The Balaban J connectivity index is 1.70. The van der Waals surface area contributed by atoms with Gasteiger partial charge >= 0.3 is 0 Å². The lowest BCUT2D eigenvalue weighted by Crippen LogP contribution is -2.48. The molecule has 0 bridgehead atoms. The van der Waals surface area contributed by atoms with Crippen LogP contribution in [0.25, 0.3) is 0 Å². The van der Waals surface area contributed by atoms with Crippen molar-refractivity contribution in [3.63, 3.8) is 0 Å². The van der Waals surface area contributed by atoms with E-state index in [4.69, 9.17) is 4.52 Å². The zero-order valence-corrected chi connectivity index (χ0v) is 17.3. The Morgan fingerprint density at radius 2 is 1.78 bits per heavy atom. The van der Waals surface area contributed by atoms with E-state index in [0.717, 1.165) is 47.8 Å². The molecule has 1 N–H and O–H groups in total. The first kappa shape index (κ1) is 19.8. The topological polar surface area (TPSA) is 93.8 Å². The van der Waals surface area contributed by atoms with Gasteiger partial charge in [0.15, 0.2) is 11.0 Å². The van der Waals surface area contributed by atoms with E-state index in [0.29, 0.717) is 24.6 Å². The third-order valence-electron chi connectivity index (χ3n) is 5.23. The van der Waals surface area contributed by atoms with Crippen LogP contribution < -0.4 is 5.32 Å². The van der Waals surface area contributed by atoms with E-state index in [1.807, 2.05) is 20.1 Å². The first-order chi connectivity index (χ1) is 12.9. The molecule has 8 heteroatoms. The molecule has 146 valence electrons. The van der Waals surface area contributed by atoms with Crippen LogP contribution >= 0.6 is 11.8 Å². The maximum Gasteiger partial charge on any atom is 0.223 e. The van der Waals surface area contributed by atoms with Gasteiger partial charge in [0.2, 0.25) is 11.8 Å². The molecular weight excluding hydrogens is 362 g/mol. The number of hydrogen-bond donors (Lipinski definition) is 1. The summed E-state index contributed by atoms with van der Waals surface area (Å²) in [5.74, 6) is 1.14.